The van der Waals surface area contributed by atoms with Gasteiger partial charge in [-0.05, 0) is 42.8 Å². The first kappa shape index (κ1) is 15.2. The van der Waals surface area contributed by atoms with E-state index in [1.165, 1.54) is 0 Å². The van der Waals surface area contributed by atoms with Gasteiger partial charge in [0.05, 0.1) is 6.04 Å². The summed E-state index contributed by atoms with van der Waals surface area (Å²) < 4.78 is 0. The van der Waals surface area contributed by atoms with E-state index >= 15 is 0 Å². The fourth-order valence-electron chi connectivity index (χ4n) is 1.99. The van der Waals surface area contributed by atoms with Gasteiger partial charge in [0.2, 0.25) is 0 Å². The molecule has 0 fully saturated rings. The van der Waals surface area contributed by atoms with Gasteiger partial charge in [-0.15, -0.1) is 0 Å². The van der Waals surface area contributed by atoms with E-state index in [-0.39, 0.29) is 12.1 Å². The minimum Gasteiger partial charge on any atom is -0.399 e. The number of anilines is 2. The first-order valence-corrected chi connectivity index (χ1v) is 7.00. The molecule has 1 atom stereocenters. The van der Waals surface area contributed by atoms with E-state index in [0.717, 1.165) is 5.56 Å². The minimum absolute atomic E-state index is 0.0928. The number of nitrogens with two attached hydrogens (primary N) is 1. The largest absolute Gasteiger partial charge is 0.399 e. The van der Waals surface area contributed by atoms with Crippen LogP contribution in [0, 0.1) is 0 Å². The fraction of sp³-hybridized carbons (Fsp3) is 0.188. The number of hydrogen-bond acceptors (Lipinski definition) is 2. The number of halogens is 1. The molecule has 2 aromatic rings. The normalized spacial score (nSPS) is 11.8. The first-order chi connectivity index (χ1) is 9.97. The summed E-state index contributed by atoms with van der Waals surface area (Å²) in [4.78, 5) is 13.9. The molecule has 0 spiro atoms. The lowest BCUT2D eigenvalue weighted by atomic mass is 10.1. The third kappa shape index (κ3) is 3.89. The summed E-state index contributed by atoms with van der Waals surface area (Å²) in [5.41, 5.74) is 7.96. The molecule has 3 N–H and O–H groups in total. The Morgan fingerprint density at radius 1 is 1.24 bits per heavy atom. The highest BCUT2D eigenvalue weighted by Gasteiger charge is 2.17. The number of nitrogen functional groups attached to an aromatic ring is 1. The third-order valence-corrected chi connectivity index (χ3v) is 3.61. The molecule has 0 bridgehead atoms. The zero-order valence-electron chi connectivity index (χ0n) is 12.0. The van der Waals surface area contributed by atoms with Crippen molar-refractivity contribution in [3.63, 3.8) is 0 Å². The summed E-state index contributed by atoms with van der Waals surface area (Å²) in [6.45, 7) is 1.95. The Kier molecular flexibility index (Phi) is 4.70. The van der Waals surface area contributed by atoms with E-state index in [9.17, 15) is 4.79 Å². The summed E-state index contributed by atoms with van der Waals surface area (Å²) >= 11 is 5.99. The topological polar surface area (TPSA) is 58.4 Å². The molecule has 0 saturated carbocycles. The van der Waals surface area contributed by atoms with Crippen LogP contribution in [0.15, 0.2) is 48.5 Å². The summed E-state index contributed by atoms with van der Waals surface area (Å²) in [5, 5.41) is 3.48. The second-order valence-electron chi connectivity index (χ2n) is 4.90. The van der Waals surface area contributed by atoms with Crippen molar-refractivity contribution >= 4 is 29.0 Å². The number of nitrogens with zero attached hydrogens (tertiary/aromatic N) is 1. The van der Waals surface area contributed by atoms with E-state index in [2.05, 4.69) is 5.32 Å². The lowest BCUT2D eigenvalue weighted by molar-refractivity contribution is 0.208. The van der Waals surface area contributed by atoms with Crippen molar-refractivity contribution in [3.8, 4) is 0 Å². The lowest BCUT2D eigenvalue weighted by Crippen LogP contribution is -2.33. The maximum Gasteiger partial charge on any atom is 0.322 e. The van der Waals surface area contributed by atoms with Gasteiger partial charge in [0.25, 0.3) is 0 Å². The van der Waals surface area contributed by atoms with Gasteiger partial charge >= 0.3 is 6.03 Å². The van der Waals surface area contributed by atoms with Crippen LogP contribution in [0.25, 0.3) is 0 Å². The molecule has 0 aliphatic rings. The second kappa shape index (κ2) is 6.50. The highest BCUT2D eigenvalue weighted by molar-refractivity contribution is 6.30. The van der Waals surface area contributed by atoms with Gasteiger partial charge in [0, 0.05) is 23.4 Å². The molecule has 0 heterocycles. The van der Waals surface area contributed by atoms with Crippen molar-refractivity contribution in [1.29, 1.82) is 0 Å². The monoisotopic (exact) mass is 303 g/mol. The van der Waals surface area contributed by atoms with Crippen LogP contribution in [0.4, 0.5) is 16.2 Å². The molecule has 0 aromatic heterocycles. The zero-order chi connectivity index (χ0) is 15.4. The van der Waals surface area contributed by atoms with Gasteiger partial charge in [0.1, 0.15) is 0 Å². The SMILES string of the molecule is CC(c1cccc(Cl)c1)N(C)C(=O)Nc1cccc(N)c1. The van der Waals surface area contributed by atoms with Crippen LogP contribution in [0.1, 0.15) is 18.5 Å². The number of urea groups is 1. The lowest BCUT2D eigenvalue weighted by Gasteiger charge is -2.25. The standard InChI is InChI=1S/C16H18ClN3O/c1-11(12-5-3-6-13(17)9-12)20(2)16(21)19-15-8-4-7-14(18)10-15/h3-11H,18H2,1-2H3,(H,19,21). The van der Waals surface area contributed by atoms with Crippen LogP contribution in [0.5, 0.6) is 0 Å². The van der Waals surface area contributed by atoms with Gasteiger partial charge in [-0.25, -0.2) is 4.79 Å². The summed E-state index contributed by atoms with van der Waals surface area (Å²) in [6.07, 6.45) is 0. The number of carbonyl (C=O) groups is 1. The molecule has 1 unspecified atom stereocenters. The first-order valence-electron chi connectivity index (χ1n) is 6.62. The molecule has 110 valence electrons. The Hall–Kier alpha value is -2.20. The average Bonchev–Trinajstić information content (AvgIpc) is 2.45. The highest BCUT2D eigenvalue weighted by atomic mass is 35.5. The van der Waals surface area contributed by atoms with Gasteiger partial charge in [-0.1, -0.05) is 29.8 Å². The molecule has 5 heteroatoms. The molecule has 2 rings (SSSR count). The summed E-state index contributed by atoms with van der Waals surface area (Å²) in [6, 6.07) is 14.3. The minimum atomic E-state index is -0.201. The van der Waals surface area contributed by atoms with Crippen molar-refractivity contribution in [2.75, 3.05) is 18.1 Å². The van der Waals surface area contributed by atoms with Crippen molar-refractivity contribution in [2.24, 2.45) is 0 Å². The van der Waals surface area contributed by atoms with Gasteiger partial charge < -0.3 is 16.0 Å². The maximum absolute atomic E-state index is 12.3. The van der Waals surface area contributed by atoms with Gasteiger partial charge in [-0.2, -0.15) is 0 Å². The number of carbonyl (C=O) groups excluding carboxylic acids is 1. The summed E-state index contributed by atoms with van der Waals surface area (Å²) in [5.74, 6) is 0. The molecule has 4 nitrogen and oxygen atoms in total. The Bertz CT molecular complexity index is 645. The molecule has 0 radical (unpaired) electrons. The second-order valence-corrected chi connectivity index (χ2v) is 5.33. The molecule has 21 heavy (non-hydrogen) atoms. The van der Waals surface area contributed by atoms with Crippen LogP contribution in [0.3, 0.4) is 0 Å². The van der Waals surface area contributed by atoms with E-state index < -0.39 is 0 Å². The predicted octanol–water partition coefficient (Wildman–Crippen LogP) is 4.15. The van der Waals surface area contributed by atoms with E-state index in [0.29, 0.717) is 16.4 Å². The Morgan fingerprint density at radius 2 is 1.95 bits per heavy atom. The van der Waals surface area contributed by atoms with Crippen LogP contribution in [-0.4, -0.2) is 18.0 Å². The van der Waals surface area contributed by atoms with E-state index in [4.69, 9.17) is 17.3 Å². The van der Waals surface area contributed by atoms with Gasteiger partial charge in [-0.3, -0.25) is 0 Å². The highest BCUT2D eigenvalue weighted by Crippen LogP contribution is 2.22. The number of benzene rings is 2. The Labute approximate surface area is 129 Å². The molecule has 0 aliphatic heterocycles. The molecule has 0 saturated heterocycles. The van der Waals surface area contributed by atoms with Crippen LogP contribution in [0.2, 0.25) is 5.02 Å². The van der Waals surface area contributed by atoms with Crippen LogP contribution in [-0.2, 0) is 0 Å². The van der Waals surface area contributed by atoms with Crippen molar-refractivity contribution in [3.05, 3.63) is 59.1 Å². The molecule has 2 aromatic carbocycles. The van der Waals surface area contributed by atoms with Crippen LogP contribution >= 0.6 is 11.6 Å². The number of amides is 2. The quantitative estimate of drug-likeness (QED) is 0.837. The number of rotatable bonds is 3. The molecular formula is C16H18ClN3O. The number of hydrogen-bond donors (Lipinski definition) is 2. The Balaban J connectivity index is 2.08. The third-order valence-electron chi connectivity index (χ3n) is 3.37. The molecule has 2 amide bonds. The maximum atomic E-state index is 12.3. The van der Waals surface area contributed by atoms with E-state index in [1.807, 2.05) is 31.2 Å². The fourth-order valence-corrected chi connectivity index (χ4v) is 2.19. The zero-order valence-corrected chi connectivity index (χ0v) is 12.8. The number of nitrogens with one attached hydrogen (secondary N) is 1. The smallest absolute Gasteiger partial charge is 0.322 e. The van der Waals surface area contributed by atoms with Crippen molar-refractivity contribution in [1.82, 2.24) is 4.90 Å². The molecular weight excluding hydrogens is 286 g/mol. The van der Waals surface area contributed by atoms with E-state index in [1.54, 1.807) is 36.2 Å². The summed E-state index contributed by atoms with van der Waals surface area (Å²) in [7, 11) is 1.74. The Morgan fingerprint density at radius 3 is 2.62 bits per heavy atom. The predicted molar refractivity (Wildman–Crippen MR) is 87.5 cm³/mol. The van der Waals surface area contributed by atoms with Crippen molar-refractivity contribution in [2.45, 2.75) is 13.0 Å². The van der Waals surface area contributed by atoms with Crippen LogP contribution < -0.4 is 11.1 Å². The average molecular weight is 304 g/mol. The van der Waals surface area contributed by atoms with Crippen molar-refractivity contribution < 1.29 is 4.79 Å². The molecule has 0 aliphatic carbocycles. The van der Waals surface area contributed by atoms with Gasteiger partial charge in [0.15, 0.2) is 0 Å².